The van der Waals surface area contributed by atoms with Gasteiger partial charge in [0.15, 0.2) is 0 Å². The van der Waals surface area contributed by atoms with Crippen LogP contribution in [0.2, 0.25) is 0 Å². The van der Waals surface area contributed by atoms with E-state index in [2.05, 4.69) is 89.5 Å². The van der Waals surface area contributed by atoms with Crippen LogP contribution in [0.25, 0.3) is 0 Å². The second-order valence-electron chi connectivity index (χ2n) is 7.32. The van der Waals surface area contributed by atoms with Crippen molar-refractivity contribution in [3.05, 3.63) is 82.6 Å². The van der Waals surface area contributed by atoms with Crippen LogP contribution >= 0.6 is 0 Å². The largest absolute Gasteiger partial charge is 0.256 e. The lowest BCUT2D eigenvalue weighted by Gasteiger charge is -2.21. The van der Waals surface area contributed by atoms with Gasteiger partial charge in [0.05, 0.1) is 5.71 Å². The van der Waals surface area contributed by atoms with Crippen molar-refractivity contribution in [3.8, 4) is 0 Å². The monoisotopic (exact) mass is 305 g/mol. The molecule has 1 heteroatoms. The molecule has 0 bridgehead atoms. The molecule has 0 aliphatic rings. The van der Waals surface area contributed by atoms with Gasteiger partial charge in [-0.05, 0) is 49.4 Å². The minimum atomic E-state index is 0.152. The van der Waals surface area contributed by atoms with Crippen LogP contribution in [0.4, 0.5) is 0 Å². The Morgan fingerprint density at radius 1 is 0.957 bits per heavy atom. The number of rotatable bonds is 3. The fourth-order valence-electron chi connectivity index (χ4n) is 2.90. The maximum Gasteiger partial charge on any atom is 0.0776 e. The molecule has 0 N–H and O–H groups in total. The van der Waals surface area contributed by atoms with Gasteiger partial charge in [-0.25, -0.2) is 0 Å². The lowest BCUT2D eigenvalue weighted by atomic mass is 9.84. The summed E-state index contributed by atoms with van der Waals surface area (Å²) in [5, 5.41) is 0. The van der Waals surface area contributed by atoms with Crippen molar-refractivity contribution >= 4 is 5.71 Å². The quantitative estimate of drug-likeness (QED) is 0.627. The van der Waals surface area contributed by atoms with E-state index in [1.165, 1.54) is 27.8 Å². The number of benzene rings is 2. The van der Waals surface area contributed by atoms with Crippen LogP contribution in [0.1, 0.15) is 54.2 Å². The highest BCUT2D eigenvalue weighted by Crippen LogP contribution is 2.26. The van der Waals surface area contributed by atoms with Gasteiger partial charge in [-0.2, -0.15) is 0 Å². The predicted molar refractivity (Wildman–Crippen MR) is 102 cm³/mol. The summed E-state index contributed by atoms with van der Waals surface area (Å²) in [4.78, 5) is 4.58. The lowest BCUT2D eigenvalue weighted by Crippen LogP contribution is -2.13. The number of aryl methyl sites for hydroxylation is 3. The van der Waals surface area contributed by atoms with Gasteiger partial charge in [-0.15, -0.1) is 0 Å². The summed E-state index contributed by atoms with van der Waals surface area (Å²) in [5.74, 6) is 0. The van der Waals surface area contributed by atoms with Crippen molar-refractivity contribution in [3.63, 3.8) is 0 Å². The summed E-state index contributed by atoms with van der Waals surface area (Å²) < 4.78 is 0. The molecule has 23 heavy (non-hydrogen) atoms. The molecule has 0 unspecified atom stereocenters. The first-order valence-corrected chi connectivity index (χ1v) is 8.11. The average Bonchev–Trinajstić information content (AvgIpc) is 2.43. The summed E-state index contributed by atoms with van der Waals surface area (Å²) in [7, 11) is 0. The van der Waals surface area contributed by atoms with Gasteiger partial charge in [-0.1, -0.05) is 62.7 Å². The first-order valence-electron chi connectivity index (χ1n) is 8.11. The normalized spacial score (nSPS) is 12.3. The first kappa shape index (κ1) is 17.2. The van der Waals surface area contributed by atoms with Gasteiger partial charge in [0.2, 0.25) is 0 Å². The van der Waals surface area contributed by atoms with Crippen molar-refractivity contribution in [2.45, 2.75) is 47.0 Å². The van der Waals surface area contributed by atoms with Gasteiger partial charge < -0.3 is 0 Å². The summed E-state index contributed by atoms with van der Waals surface area (Å²) in [6.07, 6.45) is 1.63. The first-order chi connectivity index (χ1) is 10.7. The zero-order valence-electron chi connectivity index (χ0n) is 15.2. The average molecular weight is 305 g/mol. The molecule has 2 rings (SSSR count). The molecule has 2 aromatic carbocycles. The molecule has 0 atom stereocenters. The SMILES string of the molecule is C=CN=C(c1cc(C)cc(C)c1)c1ccc(C(C)(C)C)cc1C. The molecule has 0 aromatic heterocycles. The van der Waals surface area contributed by atoms with Gasteiger partial charge in [-0.3, -0.25) is 4.99 Å². The number of nitrogens with zero attached hydrogens (tertiary/aromatic N) is 1. The summed E-state index contributed by atoms with van der Waals surface area (Å²) in [6, 6.07) is 13.2. The van der Waals surface area contributed by atoms with Crippen LogP contribution in [0.15, 0.2) is 54.2 Å². The highest BCUT2D eigenvalue weighted by Gasteiger charge is 2.16. The van der Waals surface area contributed by atoms with E-state index in [0.717, 1.165) is 11.3 Å². The van der Waals surface area contributed by atoms with E-state index in [-0.39, 0.29) is 5.41 Å². The lowest BCUT2D eigenvalue weighted by molar-refractivity contribution is 0.589. The third kappa shape index (κ3) is 3.98. The molecular weight excluding hydrogens is 278 g/mol. The molecule has 2 aromatic rings. The molecule has 0 heterocycles. The standard InChI is InChI=1S/C22H27N/c1-8-23-21(18-12-15(2)11-16(3)13-18)20-10-9-19(14-17(20)4)22(5,6)7/h8-14H,1H2,2-7H3. The second-order valence-corrected chi connectivity index (χ2v) is 7.32. The van der Waals surface area contributed by atoms with Crippen molar-refractivity contribution in [2.75, 3.05) is 0 Å². The van der Waals surface area contributed by atoms with Crippen molar-refractivity contribution in [1.29, 1.82) is 0 Å². The Hall–Kier alpha value is -2.15. The van der Waals surface area contributed by atoms with Crippen LogP contribution < -0.4 is 0 Å². The topological polar surface area (TPSA) is 12.4 Å². The van der Waals surface area contributed by atoms with Gasteiger partial charge in [0, 0.05) is 17.3 Å². The molecule has 0 aliphatic heterocycles. The molecule has 0 radical (unpaired) electrons. The van der Waals surface area contributed by atoms with E-state index < -0.39 is 0 Å². The summed E-state index contributed by atoms with van der Waals surface area (Å²) >= 11 is 0. The van der Waals surface area contributed by atoms with Gasteiger partial charge in [0.1, 0.15) is 0 Å². The zero-order chi connectivity index (χ0) is 17.2. The minimum absolute atomic E-state index is 0.152. The van der Waals surface area contributed by atoms with E-state index in [1.54, 1.807) is 6.20 Å². The maximum absolute atomic E-state index is 4.58. The Bertz CT molecular complexity index is 738. The maximum atomic E-state index is 4.58. The minimum Gasteiger partial charge on any atom is -0.256 e. The Kier molecular flexibility index (Phi) is 4.89. The third-order valence-electron chi connectivity index (χ3n) is 4.06. The molecule has 1 nitrogen and oxygen atoms in total. The van der Waals surface area contributed by atoms with Gasteiger partial charge in [0.25, 0.3) is 0 Å². The van der Waals surface area contributed by atoms with E-state index in [1.807, 2.05) is 0 Å². The van der Waals surface area contributed by atoms with Crippen LogP contribution in [0, 0.1) is 20.8 Å². The molecule has 0 spiro atoms. The van der Waals surface area contributed by atoms with E-state index in [0.29, 0.717) is 0 Å². The van der Waals surface area contributed by atoms with Crippen molar-refractivity contribution < 1.29 is 0 Å². The Labute approximate surface area is 140 Å². The number of aliphatic imine (C=N–C) groups is 1. The Morgan fingerprint density at radius 3 is 2.04 bits per heavy atom. The van der Waals surface area contributed by atoms with Crippen LogP contribution in [-0.2, 0) is 5.41 Å². The molecular formula is C22H27N. The van der Waals surface area contributed by atoms with Crippen molar-refractivity contribution in [2.24, 2.45) is 4.99 Å². The zero-order valence-corrected chi connectivity index (χ0v) is 15.2. The van der Waals surface area contributed by atoms with Crippen LogP contribution in [0.5, 0.6) is 0 Å². The predicted octanol–water partition coefficient (Wildman–Crippen LogP) is 5.89. The molecule has 0 aliphatic carbocycles. The van der Waals surface area contributed by atoms with Crippen molar-refractivity contribution in [1.82, 2.24) is 0 Å². The summed E-state index contributed by atoms with van der Waals surface area (Å²) in [5.41, 5.74) is 8.55. The van der Waals surface area contributed by atoms with E-state index >= 15 is 0 Å². The van der Waals surface area contributed by atoms with Crippen LogP contribution in [0.3, 0.4) is 0 Å². The molecule has 0 fully saturated rings. The third-order valence-corrected chi connectivity index (χ3v) is 4.06. The number of hydrogen-bond acceptors (Lipinski definition) is 1. The second kappa shape index (κ2) is 6.54. The molecule has 0 saturated carbocycles. The highest BCUT2D eigenvalue weighted by molar-refractivity contribution is 6.14. The Balaban J connectivity index is 2.59. The number of hydrogen-bond donors (Lipinski definition) is 0. The van der Waals surface area contributed by atoms with Crippen LogP contribution in [-0.4, -0.2) is 5.71 Å². The molecule has 0 saturated heterocycles. The molecule has 0 amide bonds. The smallest absolute Gasteiger partial charge is 0.0776 e. The highest BCUT2D eigenvalue weighted by atomic mass is 14.7. The van der Waals surface area contributed by atoms with Gasteiger partial charge >= 0.3 is 0 Å². The molecule has 120 valence electrons. The van der Waals surface area contributed by atoms with E-state index in [9.17, 15) is 0 Å². The van der Waals surface area contributed by atoms with E-state index in [4.69, 9.17) is 0 Å². The Morgan fingerprint density at radius 2 is 1.57 bits per heavy atom. The summed E-state index contributed by atoms with van der Waals surface area (Å²) in [6.45, 7) is 16.9. The fourth-order valence-corrected chi connectivity index (χ4v) is 2.90. The fraction of sp³-hybridized carbons (Fsp3) is 0.318.